The molecule has 1 saturated heterocycles. The van der Waals surface area contributed by atoms with Crippen LogP contribution in [0, 0.1) is 5.92 Å². The molecule has 146 valence electrons. The summed E-state index contributed by atoms with van der Waals surface area (Å²) in [5.41, 5.74) is 0.453. The number of nitrogens with zero attached hydrogens (tertiary/aromatic N) is 1. The monoisotopic (exact) mass is 364 g/mol. The smallest absolute Gasteiger partial charge is 0.408 e. The van der Waals surface area contributed by atoms with E-state index in [1.165, 1.54) is 4.90 Å². The number of allylic oxidation sites excluding steroid dienone is 3. The molecule has 1 heterocycles. The van der Waals surface area contributed by atoms with Crippen LogP contribution in [-0.4, -0.2) is 47.4 Å². The molecule has 1 N–H and O–H groups in total. The molecular weight excluding hydrogens is 332 g/mol. The van der Waals surface area contributed by atoms with E-state index in [1.807, 2.05) is 19.9 Å². The highest BCUT2D eigenvalue weighted by molar-refractivity contribution is 5.88. The lowest BCUT2D eigenvalue weighted by Crippen LogP contribution is -2.59. The number of hydrogen-bond acceptors (Lipinski definition) is 4. The maximum Gasteiger partial charge on any atom is 0.408 e. The number of nitrogens with one attached hydrogen (secondary N) is 1. The zero-order valence-electron chi connectivity index (χ0n) is 16.7. The number of piperidine rings is 1. The van der Waals surface area contributed by atoms with E-state index in [1.54, 1.807) is 20.8 Å². The Kier molecular flexibility index (Phi) is 8.06. The number of rotatable bonds is 6. The molecule has 0 bridgehead atoms. The molecule has 0 aromatic rings. The number of alkyl carbamates (subject to hydrolysis) is 1. The fraction of sp³-hybridized carbons (Fsp3) is 0.650. The number of ether oxygens (including phenoxy) is 1. The lowest BCUT2D eigenvalue weighted by molar-refractivity contribution is -0.142. The normalized spacial score (nSPS) is 24.7. The molecule has 26 heavy (non-hydrogen) atoms. The summed E-state index contributed by atoms with van der Waals surface area (Å²) in [7, 11) is 0. The van der Waals surface area contributed by atoms with Crippen LogP contribution in [0.25, 0.3) is 0 Å². The molecule has 0 radical (unpaired) electrons. The van der Waals surface area contributed by atoms with Gasteiger partial charge in [-0.3, -0.25) is 4.79 Å². The van der Waals surface area contributed by atoms with Crippen LogP contribution in [0.15, 0.2) is 23.8 Å². The number of carbonyl (C=O) groups is 3. The summed E-state index contributed by atoms with van der Waals surface area (Å²) in [6.07, 6.45) is 7.63. The second kappa shape index (κ2) is 9.55. The van der Waals surface area contributed by atoms with E-state index in [9.17, 15) is 14.4 Å². The van der Waals surface area contributed by atoms with Gasteiger partial charge in [0.05, 0.1) is 6.54 Å². The van der Waals surface area contributed by atoms with Crippen molar-refractivity contribution in [3.63, 3.8) is 0 Å². The van der Waals surface area contributed by atoms with Crippen molar-refractivity contribution in [1.29, 1.82) is 0 Å². The van der Waals surface area contributed by atoms with E-state index < -0.39 is 17.7 Å². The lowest BCUT2D eigenvalue weighted by atomic mass is 9.81. The quantitative estimate of drug-likeness (QED) is 0.580. The first-order valence-electron chi connectivity index (χ1n) is 9.21. The van der Waals surface area contributed by atoms with Gasteiger partial charge in [-0.25, -0.2) is 4.79 Å². The molecule has 3 atom stereocenters. The molecule has 1 rings (SSSR count). The third kappa shape index (κ3) is 6.00. The SMILES string of the molecule is C/C=C(\C=C/CC)C1CC(NC(=O)OC(C)(C)C)C(=O)N(CC=O)C1C. The topological polar surface area (TPSA) is 75.7 Å². The van der Waals surface area contributed by atoms with E-state index in [0.29, 0.717) is 6.42 Å². The van der Waals surface area contributed by atoms with Crippen molar-refractivity contribution in [2.75, 3.05) is 6.54 Å². The molecule has 3 unspecified atom stereocenters. The molecule has 1 aliphatic rings. The van der Waals surface area contributed by atoms with Crippen molar-refractivity contribution in [3.05, 3.63) is 23.8 Å². The van der Waals surface area contributed by atoms with Gasteiger partial charge in [-0.1, -0.05) is 25.2 Å². The fourth-order valence-corrected chi connectivity index (χ4v) is 3.18. The predicted molar refractivity (Wildman–Crippen MR) is 102 cm³/mol. The fourth-order valence-electron chi connectivity index (χ4n) is 3.18. The maximum absolute atomic E-state index is 12.8. The first-order chi connectivity index (χ1) is 12.1. The number of likely N-dealkylation sites (tertiary alicyclic amines) is 1. The highest BCUT2D eigenvalue weighted by atomic mass is 16.6. The molecule has 6 heteroatoms. The standard InChI is InChI=1S/C20H32N2O4/c1-7-9-10-15(8-2)16-13-17(21-19(25)26-20(4,5)6)18(24)22(11-12-23)14(16)3/h8-10,12,14,16-17H,7,11,13H2,1-6H3,(H,21,25)/b10-9-,15-8+. The average Bonchev–Trinajstić information content (AvgIpc) is 2.54. The Morgan fingerprint density at radius 3 is 2.54 bits per heavy atom. The average molecular weight is 364 g/mol. The maximum atomic E-state index is 12.8. The van der Waals surface area contributed by atoms with Crippen molar-refractivity contribution < 1.29 is 19.1 Å². The second-order valence-electron chi connectivity index (χ2n) is 7.54. The minimum atomic E-state index is -0.712. The largest absolute Gasteiger partial charge is 0.444 e. The molecule has 6 nitrogen and oxygen atoms in total. The van der Waals surface area contributed by atoms with Crippen LogP contribution >= 0.6 is 0 Å². The summed E-state index contributed by atoms with van der Waals surface area (Å²) in [5.74, 6) is -0.220. The highest BCUT2D eigenvalue weighted by Gasteiger charge is 2.41. The molecule has 1 fully saturated rings. The number of carbonyl (C=O) groups excluding carboxylic acids is 3. The van der Waals surface area contributed by atoms with Crippen LogP contribution in [0.2, 0.25) is 0 Å². The van der Waals surface area contributed by atoms with E-state index in [4.69, 9.17) is 4.74 Å². The Hall–Kier alpha value is -2.11. The molecule has 1 aliphatic heterocycles. The van der Waals surface area contributed by atoms with Crippen LogP contribution in [0.1, 0.15) is 54.4 Å². The van der Waals surface area contributed by atoms with Crippen molar-refractivity contribution >= 4 is 18.3 Å². The summed E-state index contributed by atoms with van der Waals surface area (Å²) >= 11 is 0. The second-order valence-corrected chi connectivity index (χ2v) is 7.54. The third-order valence-electron chi connectivity index (χ3n) is 4.41. The van der Waals surface area contributed by atoms with Gasteiger partial charge in [0.2, 0.25) is 5.91 Å². The molecule has 0 saturated carbocycles. The molecule has 0 aliphatic carbocycles. The first-order valence-corrected chi connectivity index (χ1v) is 9.21. The molecule has 2 amide bonds. The Balaban J connectivity index is 3.06. The van der Waals surface area contributed by atoms with Gasteiger partial charge in [-0.05, 0) is 53.0 Å². The highest BCUT2D eigenvalue weighted by Crippen LogP contribution is 2.31. The molecule has 0 aromatic heterocycles. The summed E-state index contributed by atoms with van der Waals surface area (Å²) in [4.78, 5) is 37.5. The minimum Gasteiger partial charge on any atom is -0.444 e. The van der Waals surface area contributed by atoms with Crippen LogP contribution in [0.3, 0.4) is 0 Å². The van der Waals surface area contributed by atoms with Crippen LogP contribution in [0.5, 0.6) is 0 Å². The van der Waals surface area contributed by atoms with Crippen molar-refractivity contribution in [1.82, 2.24) is 10.2 Å². The Bertz CT molecular complexity index is 575. The van der Waals surface area contributed by atoms with Gasteiger partial charge in [0.1, 0.15) is 17.9 Å². The van der Waals surface area contributed by atoms with E-state index in [2.05, 4.69) is 24.4 Å². The molecule has 0 aromatic carbocycles. The molecule has 0 spiro atoms. The minimum absolute atomic E-state index is 0.0114. The number of hydrogen-bond donors (Lipinski definition) is 1. The van der Waals surface area contributed by atoms with Crippen LogP contribution in [-0.2, 0) is 14.3 Å². The van der Waals surface area contributed by atoms with Crippen molar-refractivity contribution in [2.24, 2.45) is 5.92 Å². The zero-order chi connectivity index (χ0) is 19.9. The van der Waals surface area contributed by atoms with Crippen LogP contribution in [0.4, 0.5) is 4.79 Å². The first kappa shape index (κ1) is 21.9. The van der Waals surface area contributed by atoms with Gasteiger partial charge in [0, 0.05) is 12.0 Å². The summed E-state index contributed by atoms with van der Waals surface area (Å²) < 4.78 is 5.28. The Morgan fingerprint density at radius 1 is 1.38 bits per heavy atom. The third-order valence-corrected chi connectivity index (χ3v) is 4.41. The summed E-state index contributed by atoms with van der Waals surface area (Å²) in [6.45, 7) is 11.3. The summed E-state index contributed by atoms with van der Waals surface area (Å²) in [6, 6.07) is -0.840. The van der Waals surface area contributed by atoms with E-state index in [-0.39, 0.29) is 24.4 Å². The van der Waals surface area contributed by atoms with Crippen molar-refractivity contribution in [2.45, 2.75) is 72.1 Å². The van der Waals surface area contributed by atoms with Gasteiger partial charge < -0.3 is 19.7 Å². The lowest BCUT2D eigenvalue weighted by Gasteiger charge is -2.42. The zero-order valence-corrected chi connectivity index (χ0v) is 16.7. The van der Waals surface area contributed by atoms with Gasteiger partial charge in [0.15, 0.2) is 0 Å². The van der Waals surface area contributed by atoms with E-state index in [0.717, 1.165) is 18.3 Å². The predicted octanol–water partition coefficient (Wildman–Crippen LogP) is 3.23. The number of amides is 2. The van der Waals surface area contributed by atoms with Gasteiger partial charge in [-0.2, -0.15) is 0 Å². The van der Waals surface area contributed by atoms with E-state index >= 15 is 0 Å². The van der Waals surface area contributed by atoms with Gasteiger partial charge in [0.25, 0.3) is 0 Å². The van der Waals surface area contributed by atoms with Gasteiger partial charge >= 0.3 is 6.09 Å². The van der Waals surface area contributed by atoms with Crippen molar-refractivity contribution in [3.8, 4) is 0 Å². The van der Waals surface area contributed by atoms with Gasteiger partial charge in [-0.15, -0.1) is 0 Å². The Labute approximate surface area is 156 Å². The number of aldehydes is 1. The molecular formula is C20H32N2O4. The van der Waals surface area contributed by atoms with Crippen LogP contribution < -0.4 is 5.32 Å². The summed E-state index contributed by atoms with van der Waals surface area (Å²) in [5, 5.41) is 2.68. The Morgan fingerprint density at radius 2 is 2.04 bits per heavy atom.